The van der Waals surface area contributed by atoms with Crippen molar-refractivity contribution in [3.63, 3.8) is 0 Å². The minimum atomic E-state index is -0.115. The van der Waals surface area contributed by atoms with E-state index in [0.29, 0.717) is 18.8 Å². The number of amides is 1. The average Bonchev–Trinajstić information content (AvgIpc) is 3.31. The van der Waals surface area contributed by atoms with E-state index < -0.39 is 0 Å². The van der Waals surface area contributed by atoms with E-state index in [1.165, 1.54) is 0 Å². The van der Waals surface area contributed by atoms with Gasteiger partial charge in [-0.25, -0.2) is 4.98 Å². The van der Waals surface area contributed by atoms with E-state index in [4.69, 9.17) is 0 Å². The zero-order valence-corrected chi connectivity index (χ0v) is 13.5. The maximum atomic E-state index is 13.2. The molecular weight excluding hydrogens is 314 g/mol. The fourth-order valence-corrected chi connectivity index (χ4v) is 2.86. The van der Waals surface area contributed by atoms with Crippen molar-refractivity contribution in [2.75, 3.05) is 0 Å². The van der Waals surface area contributed by atoms with Crippen LogP contribution in [0.5, 0.6) is 0 Å². The SMILES string of the molecule is O=C(c1n[nH]c2ccccc12)N(Cc1ccccc1)Cc1cnc[nH]1. The van der Waals surface area contributed by atoms with Crippen molar-refractivity contribution < 1.29 is 4.79 Å². The van der Waals surface area contributed by atoms with E-state index in [9.17, 15) is 4.79 Å². The van der Waals surface area contributed by atoms with Crippen molar-refractivity contribution >= 4 is 16.8 Å². The smallest absolute Gasteiger partial charge is 0.275 e. The van der Waals surface area contributed by atoms with Gasteiger partial charge in [-0.05, 0) is 11.6 Å². The number of nitrogens with zero attached hydrogens (tertiary/aromatic N) is 3. The van der Waals surface area contributed by atoms with E-state index in [1.54, 1.807) is 17.4 Å². The van der Waals surface area contributed by atoms with Gasteiger partial charge in [-0.1, -0.05) is 48.5 Å². The van der Waals surface area contributed by atoms with Crippen molar-refractivity contribution in [3.05, 3.63) is 84.1 Å². The number of aromatic amines is 2. The molecule has 2 aromatic carbocycles. The van der Waals surface area contributed by atoms with E-state index in [1.807, 2.05) is 54.6 Å². The molecule has 0 spiro atoms. The molecule has 124 valence electrons. The minimum absolute atomic E-state index is 0.115. The molecule has 2 heterocycles. The molecule has 0 saturated carbocycles. The van der Waals surface area contributed by atoms with E-state index >= 15 is 0 Å². The van der Waals surface area contributed by atoms with Gasteiger partial charge in [0.2, 0.25) is 0 Å². The molecule has 0 fully saturated rings. The van der Waals surface area contributed by atoms with Crippen LogP contribution in [0.4, 0.5) is 0 Å². The second-order valence-corrected chi connectivity index (χ2v) is 5.84. The number of hydrogen-bond donors (Lipinski definition) is 2. The van der Waals surface area contributed by atoms with Crippen LogP contribution < -0.4 is 0 Å². The summed E-state index contributed by atoms with van der Waals surface area (Å²) in [6.07, 6.45) is 3.35. The lowest BCUT2D eigenvalue weighted by Crippen LogP contribution is -2.30. The van der Waals surface area contributed by atoms with Crippen LogP contribution in [0, 0.1) is 0 Å². The third-order valence-electron chi connectivity index (χ3n) is 4.09. The summed E-state index contributed by atoms with van der Waals surface area (Å²) in [4.78, 5) is 22.0. The minimum Gasteiger partial charge on any atom is -0.347 e. The number of imidazole rings is 1. The molecule has 1 amide bonds. The number of nitrogens with one attached hydrogen (secondary N) is 2. The Hall–Kier alpha value is -3.41. The van der Waals surface area contributed by atoms with Crippen molar-refractivity contribution in [1.29, 1.82) is 0 Å². The Morgan fingerprint density at radius 3 is 2.60 bits per heavy atom. The van der Waals surface area contributed by atoms with Gasteiger partial charge in [-0.15, -0.1) is 0 Å². The Kier molecular flexibility index (Phi) is 4.00. The molecule has 0 aliphatic heterocycles. The topological polar surface area (TPSA) is 77.7 Å². The van der Waals surface area contributed by atoms with Gasteiger partial charge in [0.1, 0.15) is 0 Å². The highest BCUT2D eigenvalue weighted by molar-refractivity contribution is 6.04. The summed E-state index contributed by atoms with van der Waals surface area (Å²) in [6, 6.07) is 17.6. The number of rotatable bonds is 5. The van der Waals surface area contributed by atoms with Crippen molar-refractivity contribution in [2.24, 2.45) is 0 Å². The van der Waals surface area contributed by atoms with Gasteiger partial charge >= 0.3 is 0 Å². The van der Waals surface area contributed by atoms with Crippen molar-refractivity contribution in [2.45, 2.75) is 13.1 Å². The molecular formula is C19H17N5O. The Morgan fingerprint density at radius 1 is 1.00 bits per heavy atom. The van der Waals surface area contributed by atoms with Crippen molar-refractivity contribution in [1.82, 2.24) is 25.1 Å². The second kappa shape index (κ2) is 6.60. The predicted octanol–water partition coefficient (Wildman–Crippen LogP) is 3.13. The number of H-pyrrole nitrogens is 2. The summed E-state index contributed by atoms with van der Waals surface area (Å²) >= 11 is 0. The number of carbonyl (C=O) groups excluding carboxylic acids is 1. The Bertz CT molecular complexity index is 975. The van der Waals surface area contributed by atoms with E-state index in [0.717, 1.165) is 22.2 Å². The first-order valence-electron chi connectivity index (χ1n) is 8.05. The quantitative estimate of drug-likeness (QED) is 0.590. The fourth-order valence-electron chi connectivity index (χ4n) is 2.86. The molecule has 25 heavy (non-hydrogen) atoms. The molecule has 0 bridgehead atoms. The van der Waals surface area contributed by atoms with Crippen LogP contribution in [0.3, 0.4) is 0 Å². The van der Waals surface area contributed by atoms with Crippen LogP contribution in [0.2, 0.25) is 0 Å². The zero-order valence-electron chi connectivity index (χ0n) is 13.5. The Balaban J connectivity index is 1.67. The van der Waals surface area contributed by atoms with Gasteiger partial charge in [0.05, 0.1) is 24.1 Å². The Labute approximate surface area is 144 Å². The first kappa shape index (κ1) is 15.1. The lowest BCUT2D eigenvalue weighted by molar-refractivity contribution is 0.0724. The summed E-state index contributed by atoms with van der Waals surface area (Å²) in [5.74, 6) is -0.115. The third kappa shape index (κ3) is 3.14. The van der Waals surface area contributed by atoms with Gasteiger partial charge in [-0.2, -0.15) is 5.10 Å². The number of benzene rings is 2. The molecule has 0 aliphatic rings. The van der Waals surface area contributed by atoms with Crippen LogP contribution >= 0.6 is 0 Å². The summed E-state index contributed by atoms with van der Waals surface area (Å²) in [6.45, 7) is 0.939. The molecule has 0 atom stereocenters. The van der Waals surface area contributed by atoms with E-state index in [2.05, 4.69) is 20.2 Å². The van der Waals surface area contributed by atoms with Gasteiger partial charge < -0.3 is 9.88 Å². The monoisotopic (exact) mass is 331 g/mol. The average molecular weight is 331 g/mol. The number of aromatic nitrogens is 4. The molecule has 4 aromatic rings. The summed E-state index contributed by atoms with van der Waals surface area (Å²) in [5, 5.41) is 8.00. The number of carbonyl (C=O) groups is 1. The lowest BCUT2D eigenvalue weighted by Gasteiger charge is -2.21. The standard InChI is InChI=1S/C19H17N5O/c25-19(18-16-8-4-5-9-17(16)22-23-18)24(12-15-10-20-13-21-15)11-14-6-2-1-3-7-14/h1-10,13H,11-12H2,(H,20,21)(H,22,23). The molecule has 2 aromatic heterocycles. The van der Waals surface area contributed by atoms with Crippen LogP contribution in [0.1, 0.15) is 21.7 Å². The Morgan fingerprint density at radius 2 is 1.80 bits per heavy atom. The normalized spacial score (nSPS) is 10.9. The highest BCUT2D eigenvalue weighted by Crippen LogP contribution is 2.19. The van der Waals surface area contributed by atoms with Gasteiger partial charge in [0, 0.05) is 18.1 Å². The fraction of sp³-hybridized carbons (Fsp3) is 0.105. The first-order chi connectivity index (χ1) is 12.3. The van der Waals surface area contributed by atoms with Crippen LogP contribution in [-0.4, -0.2) is 31.0 Å². The molecule has 6 nitrogen and oxygen atoms in total. The molecule has 0 unspecified atom stereocenters. The number of hydrogen-bond acceptors (Lipinski definition) is 3. The largest absolute Gasteiger partial charge is 0.347 e. The van der Waals surface area contributed by atoms with Crippen molar-refractivity contribution in [3.8, 4) is 0 Å². The highest BCUT2D eigenvalue weighted by atomic mass is 16.2. The highest BCUT2D eigenvalue weighted by Gasteiger charge is 2.21. The maximum Gasteiger partial charge on any atom is 0.275 e. The summed E-state index contributed by atoms with van der Waals surface area (Å²) in [7, 11) is 0. The number of para-hydroxylation sites is 1. The molecule has 4 rings (SSSR count). The summed E-state index contributed by atoms with van der Waals surface area (Å²) in [5.41, 5.74) is 3.23. The molecule has 0 radical (unpaired) electrons. The third-order valence-corrected chi connectivity index (χ3v) is 4.09. The van der Waals surface area contributed by atoms with Gasteiger partial charge in [0.25, 0.3) is 5.91 Å². The molecule has 2 N–H and O–H groups in total. The lowest BCUT2D eigenvalue weighted by atomic mass is 10.1. The second-order valence-electron chi connectivity index (χ2n) is 5.84. The van der Waals surface area contributed by atoms with Gasteiger partial charge in [-0.3, -0.25) is 9.89 Å². The predicted molar refractivity (Wildman–Crippen MR) is 94.7 cm³/mol. The first-order valence-corrected chi connectivity index (χ1v) is 8.05. The summed E-state index contributed by atoms with van der Waals surface area (Å²) < 4.78 is 0. The van der Waals surface area contributed by atoms with E-state index in [-0.39, 0.29) is 5.91 Å². The van der Waals surface area contributed by atoms with Crippen LogP contribution in [-0.2, 0) is 13.1 Å². The molecule has 0 saturated heterocycles. The van der Waals surface area contributed by atoms with Crippen LogP contribution in [0.25, 0.3) is 10.9 Å². The maximum absolute atomic E-state index is 13.2. The zero-order chi connectivity index (χ0) is 17.1. The molecule has 6 heteroatoms. The number of fused-ring (bicyclic) bond motifs is 1. The van der Waals surface area contributed by atoms with Gasteiger partial charge in [0.15, 0.2) is 5.69 Å². The van der Waals surface area contributed by atoms with Crippen LogP contribution in [0.15, 0.2) is 67.1 Å². The molecule has 0 aliphatic carbocycles.